The normalized spacial score (nSPS) is 10.8. The predicted molar refractivity (Wildman–Crippen MR) is 75.5 cm³/mol. The number of carbonyl (C=O) groups excluding carboxylic acids is 1. The van der Waals surface area contributed by atoms with Crippen molar-refractivity contribution in [2.45, 2.75) is 13.3 Å². The molecule has 0 aliphatic carbocycles. The van der Waals surface area contributed by atoms with Gasteiger partial charge in [0.15, 0.2) is 0 Å². The lowest BCUT2D eigenvalue weighted by atomic mass is 10.1. The smallest absolute Gasteiger partial charge is 0.258 e. The number of carbonyl (C=O) groups is 1. The zero-order chi connectivity index (χ0) is 13.2. The molecule has 2 heterocycles. The number of aromatic amines is 1. The predicted octanol–water partition coefficient (Wildman–Crippen LogP) is 2.83. The number of H-pyrrole nitrogens is 1. The summed E-state index contributed by atoms with van der Waals surface area (Å²) in [5.41, 5.74) is 1.58. The number of amides is 1. The van der Waals surface area contributed by atoms with Crippen LogP contribution in [0.25, 0.3) is 10.9 Å². The van der Waals surface area contributed by atoms with Crippen LogP contribution in [0.2, 0.25) is 0 Å². The maximum Gasteiger partial charge on any atom is 0.258 e. The number of nitrogens with one attached hydrogen (secondary N) is 2. The molecule has 2 N–H and O–H groups in total. The molecule has 2 aromatic heterocycles. The van der Waals surface area contributed by atoms with Crippen LogP contribution < -0.4 is 5.32 Å². The van der Waals surface area contributed by atoms with Crippen molar-refractivity contribution < 1.29 is 4.79 Å². The molecule has 3 rings (SSSR count). The average molecular weight is 272 g/mol. The number of fused-ring (bicyclic) bond motifs is 1. The molecule has 96 valence electrons. The van der Waals surface area contributed by atoms with Gasteiger partial charge in [0, 0.05) is 22.7 Å². The summed E-state index contributed by atoms with van der Waals surface area (Å²) in [4.78, 5) is 15.3. The summed E-state index contributed by atoms with van der Waals surface area (Å²) in [5, 5.41) is 13.1. The molecule has 0 aliphatic rings. The number of anilines is 1. The lowest BCUT2D eigenvalue weighted by Gasteiger charge is -2.02. The van der Waals surface area contributed by atoms with E-state index in [1.807, 2.05) is 31.3 Å². The van der Waals surface area contributed by atoms with Gasteiger partial charge in [0.05, 0.1) is 0 Å². The van der Waals surface area contributed by atoms with Gasteiger partial charge in [-0.2, -0.15) is 0 Å². The van der Waals surface area contributed by atoms with Gasteiger partial charge in [-0.15, -0.1) is 10.2 Å². The van der Waals surface area contributed by atoms with E-state index in [1.54, 1.807) is 6.07 Å². The lowest BCUT2D eigenvalue weighted by molar-refractivity contribution is 0.102. The minimum absolute atomic E-state index is 0.163. The molecular weight excluding hydrogens is 260 g/mol. The van der Waals surface area contributed by atoms with E-state index in [0.717, 1.165) is 22.3 Å². The molecule has 6 heteroatoms. The van der Waals surface area contributed by atoms with Gasteiger partial charge in [0.1, 0.15) is 5.01 Å². The maximum absolute atomic E-state index is 12.2. The van der Waals surface area contributed by atoms with Crippen LogP contribution in [0.1, 0.15) is 22.3 Å². The third-order valence-electron chi connectivity index (χ3n) is 2.83. The summed E-state index contributed by atoms with van der Waals surface area (Å²) in [6, 6.07) is 7.48. The Morgan fingerprint density at radius 2 is 2.26 bits per heavy atom. The van der Waals surface area contributed by atoms with E-state index >= 15 is 0 Å². The van der Waals surface area contributed by atoms with Crippen LogP contribution >= 0.6 is 11.3 Å². The van der Waals surface area contributed by atoms with Crippen molar-refractivity contribution in [1.29, 1.82) is 0 Å². The van der Waals surface area contributed by atoms with Crippen LogP contribution in [0.3, 0.4) is 0 Å². The third kappa shape index (κ3) is 2.22. The Balaban J connectivity index is 1.89. The van der Waals surface area contributed by atoms with Crippen LogP contribution in [0, 0.1) is 0 Å². The topological polar surface area (TPSA) is 70.7 Å². The van der Waals surface area contributed by atoms with E-state index in [1.165, 1.54) is 11.3 Å². The molecule has 1 aromatic carbocycles. The van der Waals surface area contributed by atoms with Gasteiger partial charge < -0.3 is 4.98 Å². The van der Waals surface area contributed by atoms with E-state index in [4.69, 9.17) is 0 Å². The Morgan fingerprint density at radius 3 is 3.05 bits per heavy atom. The van der Waals surface area contributed by atoms with Crippen molar-refractivity contribution in [3.63, 3.8) is 0 Å². The molecule has 19 heavy (non-hydrogen) atoms. The first-order valence-corrected chi connectivity index (χ1v) is 6.79. The summed E-state index contributed by atoms with van der Waals surface area (Å²) in [6.07, 6.45) is 2.64. The second-order valence-corrected chi connectivity index (χ2v) is 5.12. The van der Waals surface area contributed by atoms with Gasteiger partial charge in [-0.25, -0.2) is 0 Å². The van der Waals surface area contributed by atoms with Crippen LogP contribution in [-0.2, 0) is 6.42 Å². The number of hydrogen-bond donors (Lipinski definition) is 2. The largest absolute Gasteiger partial charge is 0.361 e. The second kappa shape index (κ2) is 4.81. The standard InChI is InChI=1S/C13H12N4OS/c1-2-11-16-17-13(19-11)15-12(18)9-4-3-5-10-8(9)6-7-14-10/h3-7,14H,2H2,1H3,(H,15,17,18). The van der Waals surface area contributed by atoms with Crippen LogP contribution in [-0.4, -0.2) is 21.1 Å². The minimum Gasteiger partial charge on any atom is -0.361 e. The molecule has 0 saturated carbocycles. The maximum atomic E-state index is 12.2. The van der Waals surface area contributed by atoms with Crippen molar-refractivity contribution in [2.75, 3.05) is 5.32 Å². The molecule has 0 aliphatic heterocycles. The highest BCUT2D eigenvalue weighted by molar-refractivity contribution is 7.15. The number of aryl methyl sites for hydroxylation is 1. The SMILES string of the molecule is CCc1nnc(NC(=O)c2cccc3[nH]ccc23)s1. The van der Waals surface area contributed by atoms with E-state index in [-0.39, 0.29) is 5.91 Å². The molecule has 0 radical (unpaired) electrons. The molecule has 0 spiro atoms. The van der Waals surface area contributed by atoms with Crippen LogP contribution in [0.15, 0.2) is 30.5 Å². The Bertz CT molecular complexity index is 731. The quantitative estimate of drug-likeness (QED) is 0.770. The highest BCUT2D eigenvalue weighted by Crippen LogP contribution is 2.20. The average Bonchev–Trinajstić information content (AvgIpc) is 3.05. The Labute approximate surface area is 113 Å². The first-order valence-electron chi connectivity index (χ1n) is 5.97. The van der Waals surface area contributed by atoms with Gasteiger partial charge in [-0.05, 0) is 24.6 Å². The molecule has 0 bridgehead atoms. The molecule has 0 atom stereocenters. The van der Waals surface area contributed by atoms with Gasteiger partial charge in [0.2, 0.25) is 5.13 Å². The van der Waals surface area contributed by atoms with Crippen molar-refractivity contribution in [2.24, 2.45) is 0 Å². The number of rotatable bonds is 3. The summed E-state index contributed by atoms with van der Waals surface area (Å²) < 4.78 is 0. The zero-order valence-electron chi connectivity index (χ0n) is 10.3. The highest BCUT2D eigenvalue weighted by Gasteiger charge is 2.12. The van der Waals surface area contributed by atoms with Crippen molar-refractivity contribution in [3.8, 4) is 0 Å². The first-order chi connectivity index (χ1) is 9.28. The van der Waals surface area contributed by atoms with Gasteiger partial charge in [-0.3, -0.25) is 10.1 Å². The van der Waals surface area contributed by atoms with Crippen molar-refractivity contribution >= 4 is 33.3 Å². The monoisotopic (exact) mass is 272 g/mol. The number of benzene rings is 1. The van der Waals surface area contributed by atoms with Crippen molar-refractivity contribution in [3.05, 3.63) is 41.0 Å². The second-order valence-electron chi connectivity index (χ2n) is 4.05. The Hall–Kier alpha value is -2.21. The van der Waals surface area contributed by atoms with Gasteiger partial charge >= 0.3 is 0 Å². The summed E-state index contributed by atoms with van der Waals surface area (Å²) in [5.74, 6) is -0.163. The minimum atomic E-state index is -0.163. The van der Waals surface area contributed by atoms with Crippen LogP contribution in [0.5, 0.6) is 0 Å². The fraction of sp³-hybridized carbons (Fsp3) is 0.154. The molecule has 0 unspecified atom stereocenters. The fourth-order valence-electron chi connectivity index (χ4n) is 1.89. The Kier molecular flexibility index (Phi) is 3.00. The van der Waals surface area contributed by atoms with Crippen LogP contribution in [0.4, 0.5) is 5.13 Å². The highest BCUT2D eigenvalue weighted by atomic mass is 32.1. The zero-order valence-corrected chi connectivity index (χ0v) is 11.1. The first kappa shape index (κ1) is 11.9. The third-order valence-corrected chi connectivity index (χ3v) is 3.81. The van der Waals surface area contributed by atoms with E-state index < -0.39 is 0 Å². The molecule has 1 amide bonds. The van der Waals surface area contributed by atoms with E-state index in [2.05, 4.69) is 20.5 Å². The number of nitrogens with zero attached hydrogens (tertiary/aromatic N) is 2. The number of hydrogen-bond acceptors (Lipinski definition) is 4. The summed E-state index contributed by atoms with van der Waals surface area (Å²) >= 11 is 1.40. The van der Waals surface area contributed by atoms with Gasteiger partial charge in [0.25, 0.3) is 5.91 Å². The lowest BCUT2D eigenvalue weighted by Crippen LogP contribution is -2.11. The molecule has 5 nitrogen and oxygen atoms in total. The summed E-state index contributed by atoms with van der Waals surface area (Å²) in [7, 11) is 0. The van der Waals surface area contributed by atoms with Crippen molar-refractivity contribution in [1.82, 2.24) is 15.2 Å². The van der Waals surface area contributed by atoms with E-state index in [0.29, 0.717) is 10.7 Å². The fourth-order valence-corrected chi connectivity index (χ4v) is 2.57. The number of aromatic nitrogens is 3. The molecular formula is C13H12N4OS. The molecule has 0 fully saturated rings. The van der Waals surface area contributed by atoms with E-state index in [9.17, 15) is 4.79 Å². The molecule has 3 aromatic rings. The summed E-state index contributed by atoms with van der Waals surface area (Å²) in [6.45, 7) is 2.01. The Morgan fingerprint density at radius 1 is 1.37 bits per heavy atom. The molecule has 0 saturated heterocycles. The van der Waals surface area contributed by atoms with Gasteiger partial charge in [-0.1, -0.05) is 24.3 Å².